The van der Waals surface area contributed by atoms with Crippen molar-refractivity contribution in [1.29, 1.82) is 0 Å². The van der Waals surface area contributed by atoms with Crippen LogP contribution in [0.25, 0.3) is 0 Å². The van der Waals surface area contributed by atoms with E-state index in [0.29, 0.717) is 0 Å². The molecule has 1 atom stereocenters. The van der Waals surface area contributed by atoms with Crippen LogP contribution < -0.4 is 5.48 Å². The van der Waals surface area contributed by atoms with E-state index in [1.165, 1.54) is 12.8 Å². The molecule has 1 amide bonds. The molecule has 0 heterocycles. The van der Waals surface area contributed by atoms with Gasteiger partial charge in [0.05, 0.1) is 0 Å². The van der Waals surface area contributed by atoms with Crippen LogP contribution in [0.5, 0.6) is 0 Å². The van der Waals surface area contributed by atoms with Gasteiger partial charge in [0.15, 0.2) is 0 Å². The second-order valence-corrected chi connectivity index (χ2v) is 6.48. The number of carbonyl (C=O) groups is 2. The maximum atomic E-state index is 11.9. The molecule has 0 saturated carbocycles. The van der Waals surface area contributed by atoms with Crippen molar-refractivity contribution in [2.45, 2.75) is 78.1 Å². The zero-order valence-corrected chi connectivity index (χ0v) is 17.1. The number of nitrogens with one attached hydrogen (secondary N) is 1. The molecule has 0 aliphatic carbocycles. The molecule has 0 spiro atoms. The molecule has 0 saturated heterocycles. The lowest BCUT2D eigenvalue weighted by Crippen LogP contribution is -2.32. The summed E-state index contributed by atoms with van der Waals surface area (Å²) in [6.45, 7) is 7.40. The Labute approximate surface area is 165 Å². The summed E-state index contributed by atoms with van der Waals surface area (Å²) < 4.78 is 0. The van der Waals surface area contributed by atoms with Crippen LogP contribution in [0.1, 0.15) is 78.1 Å². The van der Waals surface area contributed by atoms with E-state index in [1.54, 1.807) is 0 Å². The monoisotopic (exact) mass is 375 g/mol. The van der Waals surface area contributed by atoms with Crippen molar-refractivity contribution in [3.8, 4) is 0 Å². The van der Waals surface area contributed by atoms with Crippen LogP contribution in [0, 0.1) is 5.92 Å². The number of hydrogen-bond acceptors (Lipinski definition) is 3. The minimum Gasteiger partial charge on any atom is -0.336 e. The van der Waals surface area contributed by atoms with Gasteiger partial charge in [0.25, 0.3) is 5.91 Å². The van der Waals surface area contributed by atoms with Crippen molar-refractivity contribution in [3.63, 3.8) is 0 Å². The number of allylic oxidation sites excluding steroid dienone is 6. The predicted molar refractivity (Wildman–Crippen MR) is 113 cm³/mol. The van der Waals surface area contributed by atoms with Gasteiger partial charge in [0, 0.05) is 12.0 Å². The molecular formula is C23H37NO3. The number of hydrogen-bond donors (Lipinski definition) is 1. The molecule has 0 rings (SSSR count). The maximum absolute atomic E-state index is 11.9. The molecule has 1 unspecified atom stereocenters. The van der Waals surface area contributed by atoms with E-state index in [0.717, 1.165) is 57.4 Å². The molecule has 0 fully saturated rings. The zero-order chi connectivity index (χ0) is 20.2. The van der Waals surface area contributed by atoms with Crippen LogP contribution in [0.15, 0.2) is 49.1 Å². The average Bonchev–Trinajstić information content (AvgIpc) is 2.68. The summed E-state index contributed by atoms with van der Waals surface area (Å²) in [5.41, 5.74) is 2.21. The molecule has 0 aliphatic rings. The van der Waals surface area contributed by atoms with Crippen molar-refractivity contribution in [3.05, 3.63) is 49.1 Å². The van der Waals surface area contributed by atoms with Crippen LogP contribution >= 0.6 is 0 Å². The SMILES string of the molecule is C=CC(=O)ONC(=O)C(CC)CCCCCC/C=C\C/C=C\C/C=C\CC. The van der Waals surface area contributed by atoms with Crippen molar-refractivity contribution < 1.29 is 14.4 Å². The Morgan fingerprint density at radius 2 is 1.56 bits per heavy atom. The highest BCUT2D eigenvalue weighted by atomic mass is 16.7. The van der Waals surface area contributed by atoms with Crippen LogP contribution in [-0.4, -0.2) is 11.9 Å². The van der Waals surface area contributed by atoms with Crippen molar-refractivity contribution in [2.24, 2.45) is 5.92 Å². The summed E-state index contributed by atoms with van der Waals surface area (Å²) in [6, 6.07) is 0. The minimum absolute atomic E-state index is 0.110. The molecule has 152 valence electrons. The van der Waals surface area contributed by atoms with Gasteiger partial charge in [-0.1, -0.05) is 76.1 Å². The van der Waals surface area contributed by atoms with Gasteiger partial charge < -0.3 is 4.84 Å². The number of amides is 1. The van der Waals surface area contributed by atoms with Gasteiger partial charge in [-0.2, -0.15) is 5.48 Å². The van der Waals surface area contributed by atoms with E-state index in [4.69, 9.17) is 0 Å². The van der Waals surface area contributed by atoms with E-state index < -0.39 is 5.97 Å². The summed E-state index contributed by atoms with van der Waals surface area (Å²) in [7, 11) is 0. The van der Waals surface area contributed by atoms with Gasteiger partial charge in [-0.05, 0) is 44.9 Å². The normalized spacial score (nSPS) is 12.7. The summed E-state index contributed by atoms with van der Waals surface area (Å²) in [6.07, 6.45) is 24.6. The van der Waals surface area contributed by atoms with Gasteiger partial charge in [-0.25, -0.2) is 4.79 Å². The lowest BCUT2D eigenvalue weighted by Gasteiger charge is -2.13. The summed E-state index contributed by atoms with van der Waals surface area (Å²) in [4.78, 5) is 27.5. The number of hydroxylamine groups is 1. The van der Waals surface area contributed by atoms with E-state index in [9.17, 15) is 9.59 Å². The molecule has 4 nitrogen and oxygen atoms in total. The minimum atomic E-state index is -0.643. The first kappa shape index (κ1) is 24.9. The largest absolute Gasteiger partial charge is 0.355 e. The Morgan fingerprint density at radius 1 is 0.926 bits per heavy atom. The molecule has 0 radical (unpaired) electrons. The second kappa shape index (κ2) is 18.7. The first-order valence-corrected chi connectivity index (χ1v) is 10.2. The van der Waals surface area contributed by atoms with Crippen LogP contribution in [0.4, 0.5) is 0 Å². The molecule has 0 aromatic heterocycles. The Kier molecular flexibility index (Phi) is 17.2. The maximum Gasteiger partial charge on any atom is 0.355 e. The van der Waals surface area contributed by atoms with Crippen LogP contribution in [0.3, 0.4) is 0 Å². The Hall–Kier alpha value is -2.10. The summed E-state index contributed by atoms with van der Waals surface area (Å²) in [5, 5.41) is 0. The van der Waals surface area contributed by atoms with Crippen LogP contribution in [-0.2, 0) is 14.4 Å². The Balaban J connectivity index is 3.66. The van der Waals surface area contributed by atoms with Crippen molar-refractivity contribution >= 4 is 11.9 Å². The fourth-order valence-corrected chi connectivity index (χ4v) is 2.58. The molecule has 4 heteroatoms. The first-order chi connectivity index (χ1) is 13.2. The molecular weight excluding hydrogens is 338 g/mol. The standard InChI is InChI=1S/C23H37NO3/c1-4-7-8-9-10-11-12-13-14-15-16-17-18-19-20-21(5-2)23(26)24-27-22(25)6-3/h6-8,10-11,13-14,21H,3-5,9,12,15-20H2,1-2H3,(H,24,26)/b8-7-,11-10-,14-13-. The average molecular weight is 376 g/mol. The Bertz CT molecular complexity index is 492. The topological polar surface area (TPSA) is 55.4 Å². The number of rotatable bonds is 15. The van der Waals surface area contributed by atoms with E-state index in [-0.39, 0.29) is 11.8 Å². The lowest BCUT2D eigenvalue weighted by atomic mass is 9.97. The van der Waals surface area contributed by atoms with Crippen molar-refractivity contribution in [2.75, 3.05) is 0 Å². The smallest absolute Gasteiger partial charge is 0.336 e. The quantitative estimate of drug-likeness (QED) is 0.166. The molecule has 27 heavy (non-hydrogen) atoms. The molecule has 0 aromatic rings. The van der Waals surface area contributed by atoms with Gasteiger partial charge >= 0.3 is 5.97 Å². The van der Waals surface area contributed by atoms with Crippen LogP contribution in [0.2, 0.25) is 0 Å². The fourth-order valence-electron chi connectivity index (χ4n) is 2.58. The molecule has 0 bridgehead atoms. The third-order valence-electron chi connectivity index (χ3n) is 4.24. The third kappa shape index (κ3) is 15.8. The van der Waals surface area contributed by atoms with E-state index in [2.05, 4.69) is 60.3 Å². The Morgan fingerprint density at radius 3 is 2.19 bits per heavy atom. The number of carbonyl (C=O) groups excluding carboxylic acids is 2. The third-order valence-corrected chi connectivity index (χ3v) is 4.24. The van der Waals surface area contributed by atoms with E-state index >= 15 is 0 Å². The van der Waals surface area contributed by atoms with Gasteiger partial charge in [0.2, 0.25) is 0 Å². The van der Waals surface area contributed by atoms with Gasteiger partial charge in [-0.3, -0.25) is 4.79 Å². The lowest BCUT2D eigenvalue weighted by molar-refractivity contribution is -0.155. The highest BCUT2D eigenvalue weighted by Gasteiger charge is 2.16. The van der Waals surface area contributed by atoms with E-state index in [1.807, 2.05) is 6.92 Å². The molecule has 0 aromatic carbocycles. The van der Waals surface area contributed by atoms with Gasteiger partial charge in [-0.15, -0.1) is 0 Å². The number of unbranched alkanes of at least 4 members (excludes halogenated alkanes) is 4. The molecule has 1 N–H and O–H groups in total. The second-order valence-electron chi connectivity index (χ2n) is 6.48. The summed E-state index contributed by atoms with van der Waals surface area (Å²) >= 11 is 0. The zero-order valence-electron chi connectivity index (χ0n) is 17.1. The predicted octanol–water partition coefficient (Wildman–Crippen LogP) is 5.97. The highest BCUT2D eigenvalue weighted by Crippen LogP contribution is 2.15. The first-order valence-electron chi connectivity index (χ1n) is 10.2. The summed E-state index contributed by atoms with van der Waals surface area (Å²) in [5.74, 6) is -0.981. The fraction of sp³-hybridized carbons (Fsp3) is 0.565. The molecule has 0 aliphatic heterocycles. The van der Waals surface area contributed by atoms with Crippen molar-refractivity contribution in [1.82, 2.24) is 5.48 Å². The highest BCUT2D eigenvalue weighted by molar-refractivity contribution is 5.84. The van der Waals surface area contributed by atoms with Gasteiger partial charge in [0.1, 0.15) is 0 Å².